The number of aromatic nitrogens is 1. The maximum Gasteiger partial charge on any atom is 0.337 e. The first-order valence-electron chi connectivity index (χ1n) is 9.08. The zero-order valence-corrected chi connectivity index (χ0v) is 16.2. The second kappa shape index (κ2) is 7.62. The van der Waals surface area contributed by atoms with Gasteiger partial charge in [-0.1, -0.05) is 29.8 Å². The van der Waals surface area contributed by atoms with Crippen LogP contribution in [-0.4, -0.2) is 41.1 Å². The molecular weight excluding hydrogens is 374 g/mol. The van der Waals surface area contributed by atoms with Crippen LogP contribution in [0.15, 0.2) is 54.7 Å². The number of carboxylic acids is 1. The van der Waals surface area contributed by atoms with E-state index in [1.54, 1.807) is 24.3 Å². The maximum atomic E-state index is 11.7. The molecule has 0 atom stereocenters. The van der Waals surface area contributed by atoms with Crippen molar-refractivity contribution >= 4 is 45.4 Å². The van der Waals surface area contributed by atoms with E-state index in [0.717, 1.165) is 41.7 Å². The fourth-order valence-corrected chi connectivity index (χ4v) is 3.64. The second-order valence-corrected chi connectivity index (χ2v) is 7.36. The minimum Gasteiger partial charge on any atom is -0.478 e. The molecule has 3 aromatic rings. The number of benzene rings is 2. The number of nitrogens with one attached hydrogen (secondary N) is 1. The van der Waals surface area contributed by atoms with E-state index in [1.807, 2.05) is 24.4 Å². The van der Waals surface area contributed by atoms with Crippen LogP contribution in [0.3, 0.4) is 0 Å². The lowest BCUT2D eigenvalue weighted by Gasteiger charge is -2.24. The zero-order valence-electron chi connectivity index (χ0n) is 15.4. The van der Waals surface area contributed by atoms with E-state index in [4.69, 9.17) is 11.6 Å². The first kappa shape index (κ1) is 18.5. The summed E-state index contributed by atoms with van der Waals surface area (Å²) < 4.78 is 0. The number of fused-ring (bicyclic) bond motifs is 1. The Morgan fingerprint density at radius 1 is 1.25 bits per heavy atom. The molecule has 0 fully saturated rings. The molecular formula is C22H20ClN3O2. The molecule has 142 valence electrons. The summed E-state index contributed by atoms with van der Waals surface area (Å²) in [5, 5.41) is 14.4. The summed E-state index contributed by atoms with van der Waals surface area (Å²) in [6, 6.07) is 12.5. The molecule has 4 rings (SSSR count). The predicted molar refractivity (Wildman–Crippen MR) is 114 cm³/mol. The molecule has 5 nitrogen and oxygen atoms in total. The summed E-state index contributed by atoms with van der Waals surface area (Å²) in [7, 11) is 2.09. The Bertz CT molecular complexity index is 1090. The van der Waals surface area contributed by atoms with E-state index < -0.39 is 5.97 Å². The third-order valence-corrected chi connectivity index (χ3v) is 5.24. The highest BCUT2D eigenvalue weighted by Gasteiger charge is 2.18. The Hall–Kier alpha value is -2.89. The number of hydrogen-bond donors (Lipinski definition) is 2. The van der Waals surface area contributed by atoms with Gasteiger partial charge >= 0.3 is 5.97 Å². The van der Waals surface area contributed by atoms with Crippen molar-refractivity contribution in [2.75, 3.05) is 25.5 Å². The van der Waals surface area contributed by atoms with Crippen LogP contribution in [0.4, 0.5) is 11.4 Å². The van der Waals surface area contributed by atoms with Crippen molar-refractivity contribution in [1.82, 2.24) is 9.88 Å². The topological polar surface area (TPSA) is 65.5 Å². The van der Waals surface area contributed by atoms with Crippen molar-refractivity contribution in [3.63, 3.8) is 0 Å². The van der Waals surface area contributed by atoms with Crippen molar-refractivity contribution in [1.29, 1.82) is 0 Å². The van der Waals surface area contributed by atoms with Gasteiger partial charge in [-0.2, -0.15) is 0 Å². The highest BCUT2D eigenvalue weighted by molar-refractivity contribution is 6.31. The summed E-state index contributed by atoms with van der Waals surface area (Å²) in [5.74, 6) is -0.973. The van der Waals surface area contributed by atoms with Gasteiger partial charge in [-0.25, -0.2) is 4.79 Å². The van der Waals surface area contributed by atoms with Gasteiger partial charge in [-0.05, 0) is 49.4 Å². The van der Waals surface area contributed by atoms with Crippen molar-refractivity contribution in [3.05, 3.63) is 70.9 Å². The zero-order chi connectivity index (χ0) is 19.7. The van der Waals surface area contributed by atoms with Gasteiger partial charge < -0.3 is 15.3 Å². The first-order chi connectivity index (χ1) is 13.5. The molecule has 0 radical (unpaired) electrons. The summed E-state index contributed by atoms with van der Waals surface area (Å²) in [6.07, 6.45) is 4.96. The molecule has 2 heterocycles. The SMILES string of the molecule is CN1CC=C(c2cnc3ccc(Cl)cc3c2Nc2ccccc2C(=O)O)CC1. The monoisotopic (exact) mass is 393 g/mol. The van der Waals surface area contributed by atoms with Gasteiger partial charge in [0.25, 0.3) is 0 Å². The number of likely N-dealkylation sites (N-methyl/N-ethyl adjacent to an activating group) is 1. The number of rotatable bonds is 4. The van der Waals surface area contributed by atoms with Crippen molar-refractivity contribution in [2.45, 2.75) is 6.42 Å². The van der Waals surface area contributed by atoms with E-state index in [9.17, 15) is 9.90 Å². The Morgan fingerprint density at radius 3 is 2.82 bits per heavy atom. The average molecular weight is 394 g/mol. The molecule has 2 aromatic carbocycles. The number of pyridine rings is 1. The van der Waals surface area contributed by atoms with E-state index in [1.165, 1.54) is 5.57 Å². The molecule has 1 aliphatic heterocycles. The number of halogens is 1. The standard InChI is InChI=1S/C22H20ClN3O2/c1-26-10-8-14(9-11-26)18-13-24-19-7-6-15(23)12-17(19)21(18)25-20-5-3-2-4-16(20)22(27)28/h2-8,12-13H,9-11H2,1H3,(H,24,25)(H,27,28). The number of aromatic carboxylic acids is 1. The van der Waals surface area contributed by atoms with Gasteiger partial charge in [0, 0.05) is 35.3 Å². The second-order valence-electron chi connectivity index (χ2n) is 6.93. The fraction of sp³-hybridized carbons (Fsp3) is 0.182. The Kier molecular flexibility index (Phi) is 5.03. The highest BCUT2D eigenvalue weighted by Crippen LogP contribution is 2.37. The summed E-state index contributed by atoms with van der Waals surface area (Å²) in [4.78, 5) is 18.5. The molecule has 1 aromatic heterocycles. The van der Waals surface area contributed by atoms with E-state index >= 15 is 0 Å². The maximum absolute atomic E-state index is 11.7. The first-order valence-corrected chi connectivity index (χ1v) is 9.46. The van der Waals surface area contributed by atoms with E-state index in [0.29, 0.717) is 10.7 Å². The molecule has 0 aliphatic carbocycles. The van der Waals surface area contributed by atoms with Gasteiger partial charge in [0.2, 0.25) is 0 Å². The van der Waals surface area contributed by atoms with Crippen LogP contribution < -0.4 is 5.32 Å². The molecule has 0 unspecified atom stereocenters. The molecule has 0 bridgehead atoms. The van der Waals surface area contributed by atoms with Crippen LogP contribution >= 0.6 is 11.6 Å². The lowest BCUT2D eigenvalue weighted by atomic mass is 9.97. The fourth-order valence-electron chi connectivity index (χ4n) is 3.47. The van der Waals surface area contributed by atoms with E-state index in [-0.39, 0.29) is 5.56 Å². The molecule has 6 heteroatoms. The molecule has 0 amide bonds. The lowest BCUT2D eigenvalue weighted by molar-refractivity contribution is 0.0698. The van der Waals surface area contributed by atoms with Gasteiger partial charge in [-0.15, -0.1) is 0 Å². The third-order valence-electron chi connectivity index (χ3n) is 5.01. The predicted octanol–water partition coefficient (Wildman–Crippen LogP) is 5.05. The molecule has 0 spiro atoms. The Balaban J connectivity index is 1.90. The third kappa shape index (κ3) is 3.59. The highest BCUT2D eigenvalue weighted by atomic mass is 35.5. The van der Waals surface area contributed by atoms with Gasteiger partial charge in [-0.3, -0.25) is 4.98 Å². The number of carbonyl (C=O) groups is 1. The summed E-state index contributed by atoms with van der Waals surface area (Å²) >= 11 is 6.26. The normalized spacial score (nSPS) is 14.7. The van der Waals surface area contributed by atoms with Crippen molar-refractivity contribution in [2.24, 2.45) is 0 Å². The Labute approximate surface area is 168 Å². The molecule has 0 saturated carbocycles. The van der Waals surface area contributed by atoms with Crippen LogP contribution in [0.25, 0.3) is 16.5 Å². The number of para-hydroxylation sites is 1. The molecule has 2 N–H and O–H groups in total. The van der Waals surface area contributed by atoms with E-state index in [2.05, 4.69) is 28.3 Å². The summed E-state index contributed by atoms with van der Waals surface area (Å²) in [5.41, 5.74) is 4.56. The van der Waals surface area contributed by atoms with Crippen LogP contribution in [0.5, 0.6) is 0 Å². The number of nitrogens with zero attached hydrogens (tertiary/aromatic N) is 2. The summed E-state index contributed by atoms with van der Waals surface area (Å²) in [6.45, 7) is 1.83. The number of carboxylic acid groups (broad SMARTS) is 1. The average Bonchev–Trinajstić information content (AvgIpc) is 2.69. The van der Waals surface area contributed by atoms with Crippen LogP contribution in [-0.2, 0) is 0 Å². The number of hydrogen-bond acceptors (Lipinski definition) is 4. The Morgan fingerprint density at radius 2 is 2.07 bits per heavy atom. The largest absolute Gasteiger partial charge is 0.478 e. The van der Waals surface area contributed by atoms with Crippen molar-refractivity contribution in [3.8, 4) is 0 Å². The molecule has 0 saturated heterocycles. The van der Waals surface area contributed by atoms with Gasteiger partial charge in [0.05, 0.1) is 22.5 Å². The minimum atomic E-state index is -0.973. The van der Waals surface area contributed by atoms with Gasteiger partial charge in [0.1, 0.15) is 0 Å². The van der Waals surface area contributed by atoms with Crippen molar-refractivity contribution < 1.29 is 9.90 Å². The molecule has 28 heavy (non-hydrogen) atoms. The minimum absolute atomic E-state index is 0.220. The quantitative estimate of drug-likeness (QED) is 0.649. The van der Waals surface area contributed by atoms with Crippen LogP contribution in [0, 0.1) is 0 Å². The van der Waals surface area contributed by atoms with Gasteiger partial charge in [0.15, 0.2) is 0 Å². The van der Waals surface area contributed by atoms with Crippen LogP contribution in [0.1, 0.15) is 22.3 Å². The smallest absolute Gasteiger partial charge is 0.337 e. The lowest BCUT2D eigenvalue weighted by Crippen LogP contribution is -2.23. The molecule has 1 aliphatic rings. The number of anilines is 2. The van der Waals surface area contributed by atoms with Crippen LogP contribution in [0.2, 0.25) is 5.02 Å².